The largest absolute Gasteiger partial charge is 0.359 e. The second-order valence-electron chi connectivity index (χ2n) is 5.56. The maximum atomic E-state index is 4.55. The summed E-state index contributed by atoms with van der Waals surface area (Å²) in [6.45, 7) is 7.64. The quantitative estimate of drug-likeness (QED) is 0.751. The Bertz CT molecular complexity index is 361. The number of hydrogen-bond donors (Lipinski definition) is 1. The predicted molar refractivity (Wildman–Crippen MR) is 76.8 cm³/mol. The molecule has 0 aromatic carbocycles. The van der Waals surface area contributed by atoms with Crippen LogP contribution in [-0.2, 0) is 6.54 Å². The lowest BCUT2D eigenvalue weighted by Gasteiger charge is -2.18. The van der Waals surface area contributed by atoms with Crippen molar-refractivity contribution in [2.75, 3.05) is 25.0 Å². The number of hydrogen-bond acceptors (Lipinski definition) is 3. The fourth-order valence-electron chi connectivity index (χ4n) is 2.26. The van der Waals surface area contributed by atoms with Crippen LogP contribution in [0, 0.1) is 11.8 Å². The lowest BCUT2D eigenvalue weighted by Crippen LogP contribution is -2.21. The van der Waals surface area contributed by atoms with Gasteiger partial charge < -0.3 is 10.2 Å². The van der Waals surface area contributed by atoms with Gasteiger partial charge >= 0.3 is 0 Å². The van der Waals surface area contributed by atoms with Crippen molar-refractivity contribution >= 4 is 5.82 Å². The van der Waals surface area contributed by atoms with Crippen LogP contribution in [0.5, 0.6) is 0 Å². The van der Waals surface area contributed by atoms with Crippen molar-refractivity contribution in [3.05, 3.63) is 23.9 Å². The third-order valence-corrected chi connectivity index (χ3v) is 3.74. The summed E-state index contributed by atoms with van der Waals surface area (Å²) in [6, 6.07) is 4.31. The molecule has 2 atom stereocenters. The second kappa shape index (κ2) is 6.19. The molecule has 1 aromatic heterocycles. The fraction of sp³-hybridized carbons (Fsp3) is 0.667. The van der Waals surface area contributed by atoms with Crippen molar-refractivity contribution in [1.82, 2.24) is 10.3 Å². The van der Waals surface area contributed by atoms with Crippen molar-refractivity contribution in [1.29, 1.82) is 0 Å². The summed E-state index contributed by atoms with van der Waals surface area (Å²) in [5.41, 5.74) is 1.26. The van der Waals surface area contributed by atoms with E-state index in [0.29, 0.717) is 0 Å². The molecule has 2 rings (SSSR count). The van der Waals surface area contributed by atoms with Gasteiger partial charge in [-0.2, -0.15) is 0 Å². The average molecular weight is 247 g/mol. The molecular formula is C15H25N3. The van der Waals surface area contributed by atoms with Crippen LogP contribution in [0.4, 0.5) is 5.82 Å². The molecule has 1 aromatic rings. The molecule has 1 N–H and O–H groups in total. The van der Waals surface area contributed by atoms with E-state index in [1.165, 1.54) is 18.4 Å². The van der Waals surface area contributed by atoms with Gasteiger partial charge in [-0.15, -0.1) is 0 Å². The van der Waals surface area contributed by atoms with Gasteiger partial charge in [-0.3, -0.25) is 0 Å². The lowest BCUT2D eigenvalue weighted by molar-refractivity contribution is 0.673. The first-order valence-corrected chi connectivity index (χ1v) is 7.07. The van der Waals surface area contributed by atoms with Crippen LogP contribution in [0.3, 0.4) is 0 Å². The van der Waals surface area contributed by atoms with Crippen LogP contribution in [0.25, 0.3) is 0 Å². The molecule has 0 amide bonds. The Morgan fingerprint density at radius 1 is 1.44 bits per heavy atom. The average Bonchev–Trinajstić information content (AvgIpc) is 3.06. The van der Waals surface area contributed by atoms with Crippen LogP contribution in [0.1, 0.15) is 32.3 Å². The van der Waals surface area contributed by atoms with Gasteiger partial charge in [0.2, 0.25) is 0 Å². The summed E-state index contributed by atoms with van der Waals surface area (Å²) in [6.07, 6.45) is 4.54. The Morgan fingerprint density at radius 2 is 2.22 bits per heavy atom. The summed E-state index contributed by atoms with van der Waals surface area (Å²) >= 11 is 0. The minimum absolute atomic E-state index is 0.877. The van der Waals surface area contributed by atoms with E-state index in [1.54, 1.807) is 0 Å². The van der Waals surface area contributed by atoms with Gasteiger partial charge in [0.1, 0.15) is 5.82 Å². The maximum Gasteiger partial charge on any atom is 0.128 e. The van der Waals surface area contributed by atoms with Gasteiger partial charge in [0.15, 0.2) is 0 Å². The first kappa shape index (κ1) is 13.3. The first-order chi connectivity index (χ1) is 8.70. The Labute approximate surface area is 111 Å². The molecule has 3 nitrogen and oxygen atoms in total. The van der Waals surface area contributed by atoms with Crippen LogP contribution in [0.15, 0.2) is 18.3 Å². The molecule has 3 heteroatoms. The highest BCUT2D eigenvalue weighted by molar-refractivity contribution is 5.38. The Balaban J connectivity index is 1.82. The topological polar surface area (TPSA) is 28.2 Å². The lowest BCUT2D eigenvalue weighted by atomic mass is 10.2. The second-order valence-corrected chi connectivity index (χ2v) is 5.56. The van der Waals surface area contributed by atoms with E-state index in [9.17, 15) is 0 Å². The van der Waals surface area contributed by atoms with Crippen molar-refractivity contribution in [3.63, 3.8) is 0 Å². The van der Waals surface area contributed by atoms with Gasteiger partial charge in [-0.25, -0.2) is 4.98 Å². The van der Waals surface area contributed by atoms with Crippen molar-refractivity contribution in [2.45, 2.75) is 33.2 Å². The molecule has 18 heavy (non-hydrogen) atoms. The molecule has 0 radical (unpaired) electrons. The summed E-state index contributed by atoms with van der Waals surface area (Å²) in [5.74, 6) is 2.88. The summed E-state index contributed by atoms with van der Waals surface area (Å²) in [5, 5.41) is 3.39. The third-order valence-electron chi connectivity index (χ3n) is 3.74. The number of nitrogens with zero attached hydrogens (tertiary/aromatic N) is 2. The van der Waals surface area contributed by atoms with Gasteiger partial charge in [0.05, 0.1) is 0 Å². The number of anilines is 1. The van der Waals surface area contributed by atoms with E-state index >= 15 is 0 Å². The normalized spacial score (nSPS) is 21.9. The molecule has 0 bridgehead atoms. The molecule has 0 aliphatic heterocycles. The Morgan fingerprint density at radius 3 is 2.78 bits per heavy atom. The standard InChI is InChI=1S/C15H25N3/c1-4-7-16-9-13-5-6-15(17-10-13)18(3)11-14-8-12(14)2/h5-6,10,12,14,16H,4,7-9,11H2,1-3H3. The van der Waals surface area contributed by atoms with Crippen LogP contribution in [0.2, 0.25) is 0 Å². The van der Waals surface area contributed by atoms with E-state index in [-0.39, 0.29) is 0 Å². The summed E-state index contributed by atoms with van der Waals surface area (Å²) < 4.78 is 0. The molecule has 100 valence electrons. The summed E-state index contributed by atoms with van der Waals surface area (Å²) in [4.78, 5) is 6.82. The van der Waals surface area contributed by atoms with E-state index < -0.39 is 0 Å². The first-order valence-electron chi connectivity index (χ1n) is 7.07. The molecule has 0 saturated heterocycles. The van der Waals surface area contributed by atoms with Crippen LogP contribution in [-0.4, -0.2) is 25.1 Å². The monoisotopic (exact) mass is 247 g/mol. The molecule has 2 unspecified atom stereocenters. The highest BCUT2D eigenvalue weighted by Gasteiger charge is 2.33. The van der Waals surface area contributed by atoms with Gasteiger partial charge in [0, 0.05) is 26.3 Å². The van der Waals surface area contributed by atoms with Crippen molar-refractivity contribution in [2.24, 2.45) is 11.8 Å². The minimum Gasteiger partial charge on any atom is -0.359 e. The zero-order chi connectivity index (χ0) is 13.0. The van der Waals surface area contributed by atoms with Crippen molar-refractivity contribution < 1.29 is 0 Å². The van der Waals surface area contributed by atoms with E-state index in [2.05, 4.69) is 48.2 Å². The predicted octanol–water partition coefficient (Wildman–Crippen LogP) is 2.67. The van der Waals surface area contributed by atoms with E-state index in [4.69, 9.17) is 0 Å². The number of aromatic nitrogens is 1. The third kappa shape index (κ3) is 3.70. The number of nitrogens with one attached hydrogen (secondary N) is 1. The van der Waals surface area contributed by atoms with Gasteiger partial charge in [-0.1, -0.05) is 19.9 Å². The molecule has 1 saturated carbocycles. The fourth-order valence-corrected chi connectivity index (χ4v) is 2.26. The highest BCUT2D eigenvalue weighted by atomic mass is 15.2. The minimum atomic E-state index is 0.877. The maximum absolute atomic E-state index is 4.55. The van der Waals surface area contributed by atoms with E-state index in [0.717, 1.165) is 37.3 Å². The van der Waals surface area contributed by atoms with Gasteiger partial charge in [0.25, 0.3) is 0 Å². The smallest absolute Gasteiger partial charge is 0.128 e. The number of rotatable bonds is 7. The molecule has 1 fully saturated rings. The van der Waals surface area contributed by atoms with Gasteiger partial charge in [-0.05, 0) is 42.9 Å². The zero-order valence-electron chi connectivity index (χ0n) is 11.8. The molecule has 1 aliphatic rings. The summed E-state index contributed by atoms with van der Waals surface area (Å²) in [7, 11) is 2.14. The van der Waals surface area contributed by atoms with Crippen molar-refractivity contribution in [3.8, 4) is 0 Å². The zero-order valence-corrected chi connectivity index (χ0v) is 11.8. The molecule has 1 aliphatic carbocycles. The number of pyridine rings is 1. The SMILES string of the molecule is CCCNCc1ccc(N(C)CC2CC2C)nc1. The van der Waals surface area contributed by atoms with Crippen LogP contribution >= 0.6 is 0 Å². The Hall–Kier alpha value is -1.09. The van der Waals surface area contributed by atoms with E-state index in [1.807, 2.05) is 6.20 Å². The Kier molecular flexibility index (Phi) is 4.59. The molecule has 1 heterocycles. The highest BCUT2D eigenvalue weighted by Crippen LogP contribution is 2.38. The van der Waals surface area contributed by atoms with Crippen LogP contribution < -0.4 is 10.2 Å². The molecular weight excluding hydrogens is 222 g/mol. The molecule has 0 spiro atoms.